The van der Waals surface area contributed by atoms with Gasteiger partial charge < -0.3 is 9.67 Å². The van der Waals surface area contributed by atoms with Gasteiger partial charge in [0.2, 0.25) is 0 Å². The van der Waals surface area contributed by atoms with Gasteiger partial charge in [-0.25, -0.2) is 0 Å². The molecule has 4 nitrogen and oxygen atoms in total. The number of aryl methyl sites for hydroxylation is 1. The molecule has 2 bridgehead atoms. The number of carbonyl (C=O) groups excluding carboxylic acids is 1. The number of Topliss-reactive ketones (excluding diaryl/α,β-unsaturated/α-hetero) is 1. The maximum absolute atomic E-state index is 13.0. The average Bonchev–Trinajstić information content (AvgIpc) is 2.78. The molecule has 1 N–H and O–H groups in total. The number of carbonyl (C=O) groups is 1. The van der Waals surface area contributed by atoms with E-state index in [0.29, 0.717) is 0 Å². The fourth-order valence-electron chi connectivity index (χ4n) is 3.99. The molecule has 1 aromatic carbocycles. The highest BCUT2D eigenvalue weighted by atomic mass is 16.3. The first-order valence-electron chi connectivity index (χ1n) is 7.28. The van der Waals surface area contributed by atoms with E-state index in [4.69, 9.17) is 0 Å². The van der Waals surface area contributed by atoms with Crippen LogP contribution >= 0.6 is 0 Å². The van der Waals surface area contributed by atoms with Gasteiger partial charge >= 0.3 is 0 Å². The number of nitrogens with zero attached hydrogens (tertiary/aromatic N) is 2. The van der Waals surface area contributed by atoms with Crippen LogP contribution in [0, 0.1) is 0 Å². The van der Waals surface area contributed by atoms with Crippen molar-refractivity contribution in [1.82, 2.24) is 9.47 Å². The molecule has 4 rings (SSSR count). The third kappa shape index (κ3) is 1.49. The number of rotatable bonds is 1. The molecule has 0 aliphatic carbocycles. The Kier molecular flexibility index (Phi) is 2.62. The van der Waals surface area contributed by atoms with Crippen molar-refractivity contribution >= 4 is 16.7 Å². The number of para-hydroxylation sites is 1. The van der Waals surface area contributed by atoms with Crippen molar-refractivity contribution in [1.29, 1.82) is 0 Å². The van der Waals surface area contributed by atoms with E-state index >= 15 is 0 Å². The van der Waals surface area contributed by atoms with Crippen LogP contribution in [0.5, 0.6) is 0 Å². The zero-order valence-electron chi connectivity index (χ0n) is 12.2. The van der Waals surface area contributed by atoms with Gasteiger partial charge in [0, 0.05) is 23.6 Å². The number of hydrogen-bond donors (Lipinski definition) is 1. The molecule has 4 heteroatoms. The summed E-state index contributed by atoms with van der Waals surface area (Å²) in [4.78, 5) is 15.1. The van der Waals surface area contributed by atoms with Crippen LogP contribution in [-0.4, -0.2) is 40.1 Å². The molecule has 0 spiro atoms. The van der Waals surface area contributed by atoms with E-state index in [1.807, 2.05) is 38.4 Å². The maximum Gasteiger partial charge on any atom is 0.186 e. The van der Waals surface area contributed by atoms with Crippen molar-refractivity contribution in [3.8, 4) is 0 Å². The molecule has 2 aliphatic heterocycles. The molecule has 108 valence electrons. The predicted molar refractivity (Wildman–Crippen MR) is 81.3 cm³/mol. The number of likely N-dealkylation sites (N-methyl/N-ethyl adjacent to an activating group) is 1. The van der Waals surface area contributed by atoms with Crippen molar-refractivity contribution in [2.45, 2.75) is 18.5 Å². The van der Waals surface area contributed by atoms with Crippen molar-refractivity contribution in [3.63, 3.8) is 0 Å². The summed E-state index contributed by atoms with van der Waals surface area (Å²) < 4.78 is 2.15. The standard InChI is InChI=1S/C17H18N2O2/c1-18-12-6-4-3-5-11(12)14-16(18)13-8-7-10(9-20)15(17(14)21)19(13)2/h3-7,13,15,20H,8-9H2,1-2H3/t13-,15+/m0/s1. The molecule has 0 radical (unpaired) electrons. The summed E-state index contributed by atoms with van der Waals surface area (Å²) in [6.07, 6.45) is 2.88. The Morgan fingerprint density at radius 2 is 2.05 bits per heavy atom. The molecule has 3 heterocycles. The Bertz CT molecular complexity index is 787. The normalized spacial score (nSPS) is 25.1. The Morgan fingerprint density at radius 1 is 1.29 bits per heavy atom. The molecule has 0 unspecified atom stereocenters. The van der Waals surface area contributed by atoms with Crippen molar-refractivity contribution in [2.24, 2.45) is 7.05 Å². The second kappa shape index (κ2) is 4.29. The summed E-state index contributed by atoms with van der Waals surface area (Å²) in [5.74, 6) is 0.112. The first-order valence-corrected chi connectivity index (χ1v) is 7.28. The van der Waals surface area contributed by atoms with E-state index < -0.39 is 0 Å². The monoisotopic (exact) mass is 282 g/mol. The van der Waals surface area contributed by atoms with E-state index in [9.17, 15) is 9.90 Å². The minimum atomic E-state index is -0.313. The zero-order valence-corrected chi connectivity index (χ0v) is 12.2. The quantitative estimate of drug-likeness (QED) is 0.814. The van der Waals surface area contributed by atoms with Gasteiger partial charge in [0.15, 0.2) is 5.78 Å². The highest BCUT2D eigenvalue weighted by molar-refractivity contribution is 6.14. The highest BCUT2D eigenvalue weighted by Crippen LogP contribution is 2.43. The second-order valence-electron chi connectivity index (χ2n) is 5.96. The van der Waals surface area contributed by atoms with Crippen LogP contribution in [0.3, 0.4) is 0 Å². The van der Waals surface area contributed by atoms with Crippen molar-refractivity contribution in [3.05, 3.63) is 47.2 Å². The number of aromatic nitrogens is 1. The molecule has 21 heavy (non-hydrogen) atoms. The third-order valence-corrected chi connectivity index (χ3v) is 5.00. The SMILES string of the molecule is CN1[C@H]2C(=O)c3c(n(C)c4ccccc34)[C@@H]1CC=C2CO. The van der Waals surface area contributed by atoms with E-state index in [2.05, 4.69) is 15.5 Å². The Morgan fingerprint density at radius 3 is 2.81 bits per heavy atom. The maximum atomic E-state index is 13.0. The van der Waals surface area contributed by atoms with Crippen LogP contribution in [0.1, 0.15) is 28.5 Å². The summed E-state index contributed by atoms with van der Waals surface area (Å²) >= 11 is 0. The van der Waals surface area contributed by atoms with Gasteiger partial charge in [0.1, 0.15) is 0 Å². The summed E-state index contributed by atoms with van der Waals surface area (Å²) in [5.41, 5.74) is 3.88. The number of benzene rings is 1. The van der Waals surface area contributed by atoms with Gasteiger partial charge in [-0.3, -0.25) is 9.69 Å². The van der Waals surface area contributed by atoms with Crippen LogP contribution < -0.4 is 0 Å². The lowest BCUT2D eigenvalue weighted by Crippen LogP contribution is -2.49. The number of hydrogen-bond acceptors (Lipinski definition) is 3. The van der Waals surface area contributed by atoms with Crippen LogP contribution in [0.4, 0.5) is 0 Å². The highest BCUT2D eigenvalue weighted by Gasteiger charge is 2.44. The number of ketones is 1. The summed E-state index contributed by atoms with van der Waals surface area (Å²) in [5, 5.41) is 10.6. The molecule has 0 saturated carbocycles. The summed E-state index contributed by atoms with van der Waals surface area (Å²) in [7, 11) is 4.02. The lowest BCUT2D eigenvalue weighted by atomic mass is 9.82. The molecule has 0 fully saturated rings. The zero-order chi connectivity index (χ0) is 14.7. The van der Waals surface area contributed by atoms with Crippen LogP contribution in [0.15, 0.2) is 35.9 Å². The van der Waals surface area contributed by atoms with Crippen LogP contribution in [0.2, 0.25) is 0 Å². The van der Waals surface area contributed by atoms with Crippen LogP contribution in [-0.2, 0) is 7.05 Å². The van der Waals surface area contributed by atoms with Gasteiger partial charge in [-0.2, -0.15) is 0 Å². The molecule has 0 amide bonds. The molecule has 0 saturated heterocycles. The smallest absolute Gasteiger partial charge is 0.186 e. The van der Waals surface area contributed by atoms with Gasteiger partial charge in [-0.15, -0.1) is 0 Å². The molecule has 1 aromatic heterocycles. The van der Waals surface area contributed by atoms with Gasteiger partial charge in [-0.1, -0.05) is 24.3 Å². The van der Waals surface area contributed by atoms with Gasteiger partial charge in [-0.05, 0) is 25.1 Å². The van der Waals surface area contributed by atoms with E-state index in [1.165, 1.54) is 0 Å². The summed E-state index contributed by atoms with van der Waals surface area (Å²) in [6.45, 7) is -0.0480. The Hall–Kier alpha value is -1.91. The summed E-state index contributed by atoms with van der Waals surface area (Å²) in [6, 6.07) is 7.96. The predicted octanol–water partition coefficient (Wildman–Crippen LogP) is 2.04. The third-order valence-electron chi connectivity index (χ3n) is 5.00. The van der Waals surface area contributed by atoms with Gasteiger partial charge in [0.25, 0.3) is 0 Å². The topological polar surface area (TPSA) is 45.5 Å². The first-order chi connectivity index (χ1) is 10.1. The second-order valence-corrected chi connectivity index (χ2v) is 5.96. The Balaban J connectivity index is 2.05. The minimum Gasteiger partial charge on any atom is -0.392 e. The molecule has 2 aliphatic rings. The van der Waals surface area contributed by atoms with Gasteiger partial charge in [0.05, 0.1) is 24.3 Å². The lowest BCUT2D eigenvalue weighted by Gasteiger charge is -2.42. The average molecular weight is 282 g/mol. The first kappa shape index (κ1) is 12.8. The molecule has 2 atom stereocenters. The number of aliphatic hydroxyl groups is 1. The molecular weight excluding hydrogens is 264 g/mol. The Labute approximate surface area is 123 Å². The number of aliphatic hydroxyl groups excluding tert-OH is 1. The van der Waals surface area contributed by atoms with E-state index in [0.717, 1.165) is 34.2 Å². The number of fused-ring (bicyclic) bond motifs is 6. The fraction of sp³-hybridized carbons (Fsp3) is 0.353. The molecule has 2 aromatic rings. The fourth-order valence-corrected chi connectivity index (χ4v) is 3.99. The van der Waals surface area contributed by atoms with Crippen molar-refractivity contribution in [2.75, 3.05) is 13.7 Å². The van der Waals surface area contributed by atoms with Crippen LogP contribution in [0.25, 0.3) is 10.9 Å². The largest absolute Gasteiger partial charge is 0.392 e. The molecular formula is C17H18N2O2. The lowest BCUT2D eigenvalue weighted by molar-refractivity contribution is 0.0745. The van der Waals surface area contributed by atoms with E-state index in [1.54, 1.807) is 0 Å². The van der Waals surface area contributed by atoms with Crippen molar-refractivity contribution < 1.29 is 9.90 Å². The minimum absolute atomic E-state index is 0.0480. The van der Waals surface area contributed by atoms with E-state index in [-0.39, 0.29) is 24.5 Å².